The number of aromatic amines is 1. The van der Waals surface area contributed by atoms with Crippen molar-refractivity contribution in [2.75, 3.05) is 32.7 Å². The van der Waals surface area contributed by atoms with Gasteiger partial charge in [-0.3, -0.25) is 9.69 Å². The summed E-state index contributed by atoms with van der Waals surface area (Å²) in [5.74, 6) is 1.75. The number of piperidine rings is 2. The highest BCUT2D eigenvalue weighted by atomic mass is 19.4. The summed E-state index contributed by atoms with van der Waals surface area (Å²) in [5, 5.41) is 0. The van der Waals surface area contributed by atoms with Gasteiger partial charge < -0.3 is 14.6 Å². The van der Waals surface area contributed by atoms with Crippen LogP contribution in [0.25, 0.3) is 33.8 Å². The van der Waals surface area contributed by atoms with Crippen LogP contribution in [0.1, 0.15) is 42.7 Å². The Morgan fingerprint density at radius 3 is 2.36 bits per heavy atom. The molecule has 0 saturated carbocycles. The third-order valence-corrected chi connectivity index (χ3v) is 8.30. The van der Waals surface area contributed by atoms with E-state index in [9.17, 15) is 18.0 Å². The van der Waals surface area contributed by atoms with Crippen molar-refractivity contribution in [1.29, 1.82) is 0 Å². The van der Waals surface area contributed by atoms with Gasteiger partial charge in [-0.05, 0) is 68.1 Å². The Morgan fingerprint density at radius 2 is 1.69 bits per heavy atom. The highest BCUT2D eigenvalue weighted by molar-refractivity contribution is 5.89. The molecule has 2 aliphatic heterocycles. The molecule has 0 bridgehead atoms. The Labute approximate surface area is 241 Å². The molecule has 42 heavy (non-hydrogen) atoms. The number of fused-ring (bicyclic) bond motifs is 1. The highest BCUT2D eigenvalue weighted by Gasteiger charge is 2.32. The number of carbonyl (C=O) groups excluding carboxylic acids is 1. The van der Waals surface area contributed by atoms with Crippen LogP contribution in [0, 0.1) is 6.92 Å². The average Bonchev–Trinajstić information content (AvgIpc) is 3.43. The van der Waals surface area contributed by atoms with Crippen LogP contribution in [0.4, 0.5) is 13.2 Å². The summed E-state index contributed by atoms with van der Waals surface area (Å²) in [7, 11) is 0. The zero-order valence-corrected chi connectivity index (χ0v) is 23.4. The minimum absolute atomic E-state index is 0.0824. The number of carbonyl (C=O) groups is 1. The quantitative estimate of drug-likeness (QED) is 0.282. The number of aromatic nitrogens is 4. The maximum absolute atomic E-state index is 12.7. The van der Waals surface area contributed by atoms with Gasteiger partial charge in [0.25, 0.3) is 0 Å². The van der Waals surface area contributed by atoms with E-state index in [0.717, 1.165) is 52.9 Å². The fourth-order valence-electron chi connectivity index (χ4n) is 5.97. The zero-order valence-electron chi connectivity index (χ0n) is 23.4. The lowest BCUT2D eigenvalue weighted by molar-refractivity contribution is -0.147. The second-order valence-corrected chi connectivity index (χ2v) is 11.2. The third kappa shape index (κ3) is 6.25. The maximum atomic E-state index is 12.7. The molecule has 1 amide bonds. The number of aryl methyl sites for hydroxylation is 1. The normalized spacial score (nSPS) is 17.6. The van der Waals surface area contributed by atoms with Crippen molar-refractivity contribution in [2.24, 2.45) is 0 Å². The van der Waals surface area contributed by atoms with Crippen LogP contribution in [-0.4, -0.2) is 81.1 Å². The van der Waals surface area contributed by atoms with Crippen LogP contribution in [0.3, 0.4) is 0 Å². The largest absolute Gasteiger partial charge is 0.490 e. The van der Waals surface area contributed by atoms with E-state index in [1.807, 2.05) is 49.4 Å². The first-order valence-corrected chi connectivity index (χ1v) is 14.3. The van der Waals surface area contributed by atoms with Crippen LogP contribution in [0.15, 0.2) is 48.8 Å². The monoisotopic (exact) mass is 578 g/mol. The van der Waals surface area contributed by atoms with Crippen LogP contribution in [0.5, 0.6) is 5.75 Å². The molecule has 2 aromatic heterocycles. The topological polar surface area (TPSA) is 87.2 Å². The van der Waals surface area contributed by atoms with Gasteiger partial charge in [0.1, 0.15) is 35.2 Å². The number of hydrogen-bond acceptors (Lipinski definition) is 6. The van der Waals surface area contributed by atoms with Crippen LogP contribution in [0.2, 0.25) is 0 Å². The first-order valence-electron chi connectivity index (χ1n) is 14.3. The summed E-state index contributed by atoms with van der Waals surface area (Å²) in [6.45, 7) is 3.48. The molecule has 220 valence electrons. The lowest BCUT2D eigenvalue weighted by atomic mass is 9.89. The summed E-state index contributed by atoms with van der Waals surface area (Å²) >= 11 is 0. The molecule has 0 spiro atoms. The van der Waals surface area contributed by atoms with Crippen LogP contribution >= 0.6 is 0 Å². The van der Waals surface area contributed by atoms with Crippen molar-refractivity contribution in [3.8, 4) is 28.4 Å². The van der Waals surface area contributed by atoms with Gasteiger partial charge in [-0.15, -0.1) is 0 Å². The Hall–Kier alpha value is -3.99. The number of hydrogen-bond donors (Lipinski definition) is 1. The van der Waals surface area contributed by atoms with E-state index in [0.29, 0.717) is 56.0 Å². The van der Waals surface area contributed by atoms with E-state index >= 15 is 0 Å². The maximum Gasteiger partial charge on any atom is 0.401 e. The second-order valence-electron chi connectivity index (χ2n) is 11.2. The minimum atomic E-state index is -4.15. The van der Waals surface area contributed by atoms with Gasteiger partial charge in [-0.1, -0.05) is 24.3 Å². The van der Waals surface area contributed by atoms with Crippen molar-refractivity contribution in [3.63, 3.8) is 0 Å². The van der Waals surface area contributed by atoms with E-state index in [1.54, 1.807) is 4.90 Å². The number of H-pyrrole nitrogens is 1. The first kappa shape index (κ1) is 28.1. The lowest BCUT2D eigenvalue weighted by Gasteiger charge is -2.32. The number of amides is 1. The van der Waals surface area contributed by atoms with Gasteiger partial charge >= 0.3 is 6.18 Å². The highest BCUT2D eigenvalue weighted by Crippen LogP contribution is 2.33. The van der Waals surface area contributed by atoms with Gasteiger partial charge in [0, 0.05) is 37.1 Å². The molecule has 0 atom stereocenters. The van der Waals surface area contributed by atoms with Crippen molar-refractivity contribution in [2.45, 2.75) is 50.8 Å². The predicted molar refractivity (Wildman–Crippen MR) is 153 cm³/mol. The molecule has 4 aromatic rings. The summed E-state index contributed by atoms with van der Waals surface area (Å²) in [4.78, 5) is 31.3. The number of nitrogens with zero attached hydrogens (tertiary/aromatic N) is 5. The summed E-state index contributed by atoms with van der Waals surface area (Å²) in [5.41, 5.74) is 5.96. The second kappa shape index (κ2) is 11.7. The number of benzene rings is 2. The third-order valence-electron chi connectivity index (χ3n) is 8.30. The molecule has 2 fully saturated rings. The number of nitrogens with one attached hydrogen (secondary N) is 1. The van der Waals surface area contributed by atoms with E-state index in [1.165, 1.54) is 11.2 Å². The fraction of sp³-hybridized carbons (Fsp3) is 0.419. The van der Waals surface area contributed by atoms with E-state index in [2.05, 4.69) is 15.0 Å². The number of likely N-dealkylation sites (tertiary alicyclic amines) is 2. The fourth-order valence-corrected chi connectivity index (χ4v) is 5.97. The smallest absolute Gasteiger partial charge is 0.401 e. The lowest BCUT2D eigenvalue weighted by Crippen LogP contribution is -2.39. The van der Waals surface area contributed by atoms with Gasteiger partial charge in [0.2, 0.25) is 6.41 Å². The molecular formula is C31H33F3N6O2. The molecule has 11 heteroatoms. The number of halogens is 3. The molecule has 6 rings (SSSR count). The summed E-state index contributed by atoms with van der Waals surface area (Å²) < 4.78 is 44.4. The molecule has 0 aliphatic carbocycles. The Bertz CT molecular complexity index is 1540. The zero-order chi connectivity index (χ0) is 29.3. The van der Waals surface area contributed by atoms with Gasteiger partial charge in [0.15, 0.2) is 5.65 Å². The Morgan fingerprint density at radius 1 is 0.976 bits per heavy atom. The van der Waals surface area contributed by atoms with E-state index < -0.39 is 12.7 Å². The Kier molecular flexibility index (Phi) is 7.85. The van der Waals surface area contributed by atoms with Gasteiger partial charge in [-0.25, -0.2) is 15.0 Å². The van der Waals surface area contributed by atoms with E-state index in [-0.39, 0.29) is 12.0 Å². The number of rotatable bonds is 7. The van der Waals surface area contributed by atoms with Gasteiger partial charge in [0.05, 0.1) is 6.54 Å². The van der Waals surface area contributed by atoms with Crippen molar-refractivity contribution in [3.05, 3.63) is 59.9 Å². The molecular weight excluding hydrogens is 545 g/mol. The van der Waals surface area contributed by atoms with Crippen LogP contribution in [-0.2, 0) is 4.79 Å². The predicted octanol–water partition coefficient (Wildman–Crippen LogP) is 5.74. The van der Waals surface area contributed by atoms with Crippen molar-refractivity contribution in [1.82, 2.24) is 29.7 Å². The average molecular weight is 579 g/mol. The number of ether oxygens (including phenoxy) is 1. The number of alkyl halides is 3. The standard InChI is InChI=1S/C31H33F3N6O2/c1-20-16-24(6-7-26(20)42-25-10-14-40(19-41)15-11-25)27-28-30(36-18-35-27)38-29(37-28)23-4-2-21(3-5-23)22-8-12-39(13-9-22)17-31(32,33)34/h2-7,16,18-19,22,25H,8-15,17H2,1H3,(H,35,36,37,38). The molecule has 1 N–H and O–H groups in total. The molecule has 2 aromatic carbocycles. The van der Waals surface area contributed by atoms with Crippen LogP contribution < -0.4 is 4.74 Å². The first-order chi connectivity index (χ1) is 20.3. The molecule has 2 saturated heterocycles. The van der Waals surface area contributed by atoms with Crippen molar-refractivity contribution >= 4 is 17.6 Å². The van der Waals surface area contributed by atoms with Gasteiger partial charge in [-0.2, -0.15) is 13.2 Å². The summed E-state index contributed by atoms with van der Waals surface area (Å²) in [6.07, 6.45) is 1.39. The SMILES string of the molecule is Cc1cc(-c2ncnc3[nH]c(-c4ccc(C5CCN(CC(F)(F)F)CC5)cc4)nc23)ccc1OC1CCN(C=O)CC1. The van der Waals surface area contributed by atoms with E-state index in [4.69, 9.17) is 9.72 Å². The molecule has 0 radical (unpaired) electrons. The molecule has 2 aliphatic rings. The summed E-state index contributed by atoms with van der Waals surface area (Å²) in [6, 6.07) is 14.1. The minimum Gasteiger partial charge on any atom is -0.490 e. The molecule has 8 nitrogen and oxygen atoms in total. The molecule has 0 unspecified atom stereocenters. The number of imidazole rings is 1. The Balaban J connectivity index is 1.16. The molecule has 4 heterocycles. The van der Waals surface area contributed by atoms with Crippen molar-refractivity contribution < 1.29 is 22.7 Å².